The van der Waals surface area contributed by atoms with Gasteiger partial charge in [0, 0.05) is 29.3 Å². The number of anilines is 6. The van der Waals surface area contributed by atoms with Crippen LogP contribution in [0.1, 0.15) is 0 Å². The largest absolute Gasteiger partial charge is 0.486 e. The minimum Gasteiger partial charge on any atom is -0.486 e. The van der Waals surface area contributed by atoms with E-state index in [4.69, 9.17) is 61.1 Å². The summed E-state index contributed by atoms with van der Waals surface area (Å²) in [4.78, 5) is 4.03. The maximum absolute atomic E-state index is 7.58. The van der Waals surface area contributed by atoms with E-state index in [0.717, 1.165) is 22.7 Å². The van der Waals surface area contributed by atoms with Gasteiger partial charge in [-0.3, -0.25) is 0 Å². The number of hydrogen-bond acceptors (Lipinski definition) is 10. The fourth-order valence-electron chi connectivity index (χ4n) is 6.43. The SMILES string of the molecule is Clc1cc(N(c2ccc3c(c2)OCCO3)c2ccc3c(c2)OCCO3)c(Cl)c(N(c2ccc3c(c2)OCCO3)c2ccc3c(c2)OCCO3)c1. The standard InChI is InChI=1S/C38H30Cl2N2O8/c39-23-17-28(41(24-1-5-30-34(19-24)47-13-9-43-30)25-2-6-31-35(20-25)48-14-10-44-31)38(40)29(18-23)42(26-3-7-32-36(21-26)49-15-11-45-32)27-4-8-33-37(22-27)50-16-12-46-33/h1-8,17-22H,9-16H2. The molecule has 0 amide bonds. The molecule has 5 aromatic carbocycles. The quantitative estimate of drug-likeness (QED) is 0.170. The van der Waals surface area contributed by atoms with Gasteiger partial charge in [0.1, 0.15) is 52.9 Å². The maximum Gasteiger partial charge on any atom is 0.163 e. The van der Waals surface area contributed by atoms with Crippen LogP contribution in [0, 0.1) is 0 Å². The van der Waals surface area contributed by atoms with Gasteiger partial charge in [0.25, 0.3) is 0 Å². The molecule has 0 unspecified atom stereocenters. The zero-order valence-corrected chi connectivity index (χ0v) is 28.2. The van der Waals surface area contributed by atoms with Crippen LogP contribution in [-0.4, -0.2) is 52.9 Å². The Morgan fingerprint density at radius 3 is 0.880 bits per heavy atom. The number of ether oxygens (including phenoxy) is 8. The van der Waals surface area contributed by atoms with Crippen LogP contribution in [-0.2, 0) is 0 Å². The van der Waals surface area contributed by atoms with E-state index in [1.54, 1.807) is 0 Å². The number of benzene rings is 5. The van der Waals surface area contributed by atoms with E-state index >= 15 is 0 Å². The van der Waals surface area contributed by atoms with Crippen molar-refractivity contribution in [3.8, 4) is 46.0 Å². The molecule has 0 radical (unpaired) electrons. The van der Waals surface area contributed by atoms with Crippen molar-refractivity contribution in [2.75, 3.05) is 62.7 Å². The van der Waals surface area contributed by atoms with Gasteiger partial charge >= 0.3 is 0 Å². The molecule has 0 N–H and O–H groups in total. The van der Waals surface area contributed by atoms with Gasteiger partial charge in [-0.1, -0.05) is 23.2 Å². The van der Waals surface area contributed by atoms with E-state index in [-0.39, 0.29) is 0 Å². The Morgan fingerprint density at radius 1 is 0.340 bits per heavy atom. The van der Waals surface area contributed by atoms with Crippen LogP contribution in [0.3, 0.4) is 0 Å². The maximum atomic E-state index is 7.58. The second kappa shape index (κ2) is 12.9. The predicted octanol–water partition coefficient (Wildman–Crippen LogP) is 9.02. The van der Waals surface area contributed by atoms with Crippen LogP contribution in [0.2, 0.25) is 10.0 Å². The Morgan fingerprint density at radius 2 is 0.600 bits per heavy atom. The van der Waals surface area contributed by atoms with Gasteiger partial charge in [0.2, 0.25) is 0 Å². The third-order valence-electron chi connectivity index (χ3n) is 8.62. The van der Waals surface area contributed by atoms with Crippen molar-refractivity contribution in [1.29, 1.82) is 0 Å². The van der Waals surface area contributed by atoms with Crippen molar-refractivity contribution in [3.63, 3.8) is 0 Å². The molecule has 0 bridgehead atoms. The zero-order chi connectivity index (χ0) is 33.6. The van der Waals surface area contributed by atoms with Crippen LogP contribution < -0.4 is 47.7 Å². The molecule has 50 heavy (non-hydrogen) atoms. The van der Waals surface area contributed by atoms with Crippen molar-refractivity contribution in [2.45, 2.75) is 0 Å². The normalized spacial score (nSPS) is 15.2. The summed E-state index contributed by atoms with van der Waals surface area (Å²) in [7, 11) is 0. The highest BCUT2D eigenvalue weighted by molar-refractivity contribution is 6.38. The highest BCUT2D eigenvalue weighted by Gasteiger charge is 2.28. The van der Waals surface area contributed by atoms with Crippen molar-refractivity contribution in [3.05, 3.63) is 95.0 Å². The summed E-state index contributed by atoms with van der Waals surface area (Å²) in [5, 5.41) is 0.878. The van der Waals surface area contributed by atoms with E-state index in [1.807, 2.05) is 94.7 Å². The molecule has 12 heteroatoms. The molecule has 10 nitrogen and oxygen atoms in total. The minimum atomic E-state index is 0.420. The monoisotopic (exact) mass is 712 g/mol. The van der Waals surface area contributed by atoms with E-state index < -0.39 is 0 Å². The number of hydrogen-bond donors (Lipinski definition) is 0. The first-order valence-corrected chi connectivity index (χ1v) is 17.0. The molecule has 0 aliphatic carbocycles. The van der Waals surface area contributed by atoms with Gasteiger partial charge in [0.05, 0.1) is 39.1 Å². The lowest BCUT2D eigenvalue weighted by atomic mass is 10.1. The number of halogens is 2. The second-order valence-electron chi connectivity index (χ2n) is 11.7. The predicted molar refractivity (Wildman–Crippen MR) is 190 cm³/mol. The van der Waals surface area contributed by atoms with Gasteiger partial charge in [-0.25, -0.2) is 0 Å². The van der Waals surface area contributed by atoms with Gasteiger partial charge in [-0.2, -0.15) is 0 Å². The molecular weight excluding hydrogens is 683 g/mol. The number of nitrogens with zero attached hydrogens (tertiary/aromatic N) is 2. The van der Waals surface area contributed by atoms with Gasteiger partial charge in [-0.05, 0) is 60.7 Å². The molecule has 0 spiro atoms. The van der Waals surface area contributed by atoms with Crippen LogP contribution in [0.15, 0.2) is 84.9 Å². The molecule has 0 fully saturated rings. The summed E-state index contributed by atoms with van der Waals surface area (Å²) < 4.78 is 47.3. The molecule has 4 aliphatic heterocycles. The summed E-state index contributed by atoms with van der Waals surface area (Å²) in [5.41, 5.74) is 4.31. The highest BCUT2D eigenvalue weighted by atomic mass is 35.5. The smallest absolute Gasteiger partial charge is 0.163 e. The van der Waals surface area contributed by atoms with Crippen LogP contribution in [0.25, 0.3) is 0 Å². The molecular formula is C38H30Cl2N2O8. The average Bonchev–Trinajstić information content (AvgIpc) is 3.16. The molecule has 0 saturated carbocycles. The molecule has 0 atom stereocenters. The van der Waals surface area contributed by atoms with Crippen LogP contribution >= 0.6 is 23.2 Å². The average molecular weight is 714 g/mol. The summed E-state index contributed by atoms with van der Waals surface area (Å²) in [5.74, 6) is 5.19. The number of fused-ring (bicyclic) bond motifs is 4. The van der Waals surface area contributed by atoms with Crippen molar-refractivity contribution in [1.82, 2.24) is 0 Å². The van der Waals surface area contributed by atoms with Crippen molar-refractivity contribution < 1.29 is 37.9 Å². The van der Waals surface area contributed by atoms with E-state index in [9.17, 15) is 0 Å². The zero-order valence-electron chi connectivity index (χ0n) is 26.7. The first-order valence-electron chi connectivity index (χ1n) is 16.3. The first kappa shape index (κ1) is 30.7. The fourth-order valence-corrected chi connectivity index (χ4v) is 6.91. The summed E-state index contributed by atoms with van der Waals surface area (Å²) in [6.45, 7) is 3.72. The molecule has 9 rings (SSSR count). The lowest BCUT2D eigenvalue weighted by Gasteiger charge is -2.33. The summed E-state index contributed by atoms with van der Waals surface area (Å²) >= 11 is 14.6. The van der Waals surface area contributed by atoms with Gasteiger partial charge in [-0.15, -0.1) is 0 Å². The van der Waals surface area contributed by atoms with Gasteiger partial charge < -0.3 is 47.7 Å². The Bertz CT molecular complexity index is 1850. The third-order valence-corrected chi connectivity index (χ3v) is 9.22. The van der Waals surface area contributed by atoms with Crippen LogP contribution in [0.4, 0.5) is 34.1 Å². The molecule has 5 aromatic rings. The fraction of sp³-hybridized carbons (Fsp3) is 0.211. The first-order chi connectivity index (χ1) is 24.6. The molecule has 254 valence electrons. The van der Waals surface area contributed by atoms with E-state index in [0.29, 0.717) is 120 Å². The number of rotatable bonds is 6. The Kier molecular flexibility index (Phi) is 7.90. The Hall–Kier alpha value is -5.32. The minimum absolute atomic E-state index is 0.420. The van der Waals surface area contributed by atoms with Crippen molar-refractivity contribution in [2.24, 2.45) is 0 Å². The molecule has 0 aromatic heterocycles. The molecule has 0 saturated heterocycles. The Balaban J connectivity index is 1.24. The second-order valence-corrected chi connectivity index (χ2v) is 12.6. The van der Waals surface area contributed by atoms with E-state index in [2.05, 4.69) is 0 Å². The van der Waals surface area contributed by atoms with Crippen LogP contribution in [0.5, 0.6) is 46.0 Å². The topological polar surface area (TPSA) is 80.3 Å². The highest BCUT2D eigenvalue weighted by Crippen LogP contribution is 2.52. The summed E-state index contributed by atoms with van der Waals surface area (Å²) in [6.07, 6.45) is 0. The van der Waals surface area contributed by atoms with Gasteiger partial charge in [0.15, 0.2) is 46.0 Å². The third kappa shape index (κ3) is 5.64. The lowest BCUT2D eigenvalue weighted by molar-refractivity contribution is 0.171. The lowest BCUT2D eigenvalue weighted by Crippen LogP contribution is -2.19. The Labute approximate surface area is 298 Å². The van der Waals surface area contributed by atoms with E-state index in [1.165, 1.54) is 0 Å². The summed E-state index contributed by atoms with van der Waals surface area (Å²) in [6, 6.07) is 26.8. The molecule has 4 aliphatic rings. The molecule has 4 heterocycles. The van der Waals surface area contributed by atoms with Crippen molar-refractivity contribution >= 4 is 57.3 Å².